The zero-order chi connectivity index (χ0) is 16.8. The van der Waals surface area contributed by atoms with Gasteiger partial charge in [-0.2, -0.15) is 10.1 Å². The van der Waals surface area contributed by atoms with Crippen molar-refractivity contribution >= 4 is 17.4 Å². The van der Waals surface area contributed by atoms with Crippen LogP contribution in [0.2, 0.25) is 0 Å². The first-order valence-electron chi connectivity index (χ1n) is 7.71. The Hall–Kier alpha value is -3.03. The first-order valence-corrected chi connectivity index (χ1v) is 7.71. The Balaban J connectivity index is 1.85. The van der Waals surface area contributed by atoms with Crippen molar-refractivity contribution in [1.29, 1.82) is 0 Å². The number of allylic oxidation sites excluding steroid dienone is 2. The molecule has 8 nitrogen and oxygen atoms in total. The highest BCUT2D eigenvalue weighted by Gasteiger charge is 2.37. The maximum Gasteiger partial charge on any atom is 0.269 e. The number of rotatable bonds is 2. The highest BCUT2D eigenvalue weighted by atomic mass is 16.6. The predicted molar refractivity (Wildman–Crippen MR) is 85.3 cm³/mol. The number of nitrogens with zero attached hydrogens (tertiary/aromatic N) is 4. The summed E-state index contributed by atoms with van der Waals surface area (Å²) in [6.07, 6.45) is 2.71. The van der Waals surface area contributed by atoms with Crippen LogP contribution in [-0.2, 0) is 4.79 Å². The van der Waals surface area contributed by atoms with Gasteiger partial charge in [0.25, 0.3) is 5.69 Å². The number of Topliss-reactive ketones (excluding diaryl/α,β-unsaturated/α-hetero) is 1. The molecule has 0 saturated heterocycles. The summed E-state index contributed by atoms with van der Waals surface area (Å²) in [5.41, 5.74) is 2.36. The molecule has 1 aromatic heterocycles. The van der Waals surface area contributed by atoms with Crippen LogP contribution in [0.25, 0.3) is 0 Å². The molecule has 8 heteroatoms. The second kappa shape index (κ2) is 5.26. The Kier molecular flexibility index (Phi) is 3.19. The van der Waals surface area contributed by atoms with Crippen molar-refractivity contribution in [2.24, 2.45) is 5.92 Å². The lowest BCUT2D eigenvalue weighted by molar-refractivity contribution is -0.384. The summed E-state index contributed by atoms with van der Waals surface area (Å²) in [6.45, 7) is 2.05. The molecule has 2 aromatic rings. The maximum atomic E-state index is 12.7. The van der Waals surface area contributed by atoms with Gasteiger partial charge in [0, 0.05) is 29.8 Å². The minimum absolute atomic E-state index is 0.0179. The largest absolute Gasteiger partial charge is 0.328 e. The smallest absolute Gasteiger partial charge is 0.269 e. The van der Waals surface area contributed by atoms with Gasteiger partial charge >= 0.3 is 0 Å². The first kappa shape index (κ1) is 14.6. The van der Waals surface area contributed by atoms with Crippen LogP contribution >= 0.6 is 0 Å². The summed E-state index contributed by atoms with van der Waals surface area (Å²) in [6, 6.07) is 5.85. The minimum atomic E-state index is -0.439. The molecular formula is C16H15N5O3. The van der Waals surface area contributed by atoms with Crippen LogP contribution in [0.5, 0.6) is 0 Å². The van der Waals surface area contributed by atoms with Crippen LogP contribution < -0.4 is 5.32 Å². The van der Waals surface area contributed by atoms with Crippen LogP contribution in [0.1, 0.15) is 31.4 Å². The molecule has 0 fully saturated rings. The van der Waals surface area contributed by atoms with E-state index in [0.29, 0.717) is 17.9 Å². The number of anilines is 1. The number of fused-ring (bicyclic) bond motifs is 1. The Morgan fingerprint density at radius 1 is 1.29 bits per heavy atom. The number of hydrogen-bond donors (Lipinski definition) is 1. The van der Waals surface area contributed by atoms with Gasteiger partial charge in [-0.3, -0.25) is 14.9 Å². The summed E-state index contributed by atoms with van der Waals surface area (Å²) in [5, 5.41) is 18.3. The first-order chi connectivity index (χ1) is 11.5. The molecule has 2 heterocycles. The quantitative estimate of drug-likeness (QED) is 0.672. The molecule has 1 aromatic carbocycles. The summed E-state index contributed by atoms with van der Waals surface area (Å²) in [4.78, 5) is 27.3. The van der Waals surface area contributed by atoms with Gasteiger partial charge in [0.05, 0.1) is 4.92 Å². The minimum Gasteiger partial charge on any atom is -0.328 e. The van der Waals surface area contributed by atoms with Crippen molar-refractivity contribution in [1.82, 2.24) is 14.8 Å². The lowest BCUT2D eigenvalue weighted by Crippen LogP contribution is -2.33. The molecule has 2 aliphatic rings. The molecule has 0 saturated carbocycles. The van der Waals surface area contributed by atoms with Crippen molar-refractivity contribution in [3.63, 3.8) is 0 Å². The van der Waals surface area contributed by atoms with Crippen molar-refractivity contribution in [2.75, 3.05) is 5.32 Å². The number of nitro groups is 1. The standard InChI is InChI=1S/C16H15N5O3/c1-9-6-12-14(13(22)7-9)15(20-16(19-12)17-8-18-20)10-2-4-11(5-3-10)21(23)24/h2-5,8-9,15H,6-7H2,1H3,(H,17,18,19)/t9-,15+/m0/s1. The van der Waals surface area contributed by atoms with Gasteiger partial charge < -0.3 is 5.32 Å². The van der Waals surface area contributed by atoms with E-state index >= 15 is 0 Å². The number of benzene rings is 1. The number of ketones is 1. The van der Waals surface area contributed by atoms with E-state index in [4.69, 9.17) is 0 Å². The fourth-order valence-electron chi connectivity index (χ4n) is 3.43. The van der Waals surface area contributed by atoms with E-state index in [2.05, 4.69) is 15.4 Å². The zero-order valence-corrected chi connectivity index (χ0v) is 13.0. The number of carbonyl (C=O) groups excluding carboxylic acids is 1. The summed E-state index contributed by atoms with van der Waals surface area (Å²) < 4.78 is 1.66. The molecule has 0 spiro atoms. The Labute approximate surface area is 137 Å². The molecule has 1 aliphatic heterocycles. The molecule has 24 heavy (non-hydrogen) atoms. The van der Waals surface area contributed by atoms with Gasteiger partial charge in [0.1, 0.15) is 12.4 Å². The van der Waals surface area contributed by atoms with E-state index in [9.17, 15) is 14.9 Å². The van der Waals surface area contributed by atoms with Crippen molar-refractivity contribution in [3.8, 4) is 0 Å². The molecule has 0 unspecified atom stereocenters. The number of nitro benzene ring substituents is 1. The van der Waals surface area contributed by atoms with Crippen LogP contribution in [0.3, 0.4) is 0 Å². The summed E-state index contributed by atoms with van der Waals surface area (Å²) in [5.74, 6) is 0.940. The number of aromatic nitrogens is 3. The fourth-order valence-corrected chi connectivity index (χ4v) is 3.43. The zero-order valence-electron chi connectivity index (χ0n) is 13.0. The molecule has 1 N–H and O–H groups in total. The van der Waals surface area contributed by atoms with Crippen molar-refractivity contribution in [2.45, 2.75) is 25.8 Å². The van der Waals surface area contributed by atoms with Gasteiger partial charge in [0.2, 0.25) is 5.95 Å². The van der Waals surface area contributed by atoms with Gasteiger partial charge in [-0.15, -0.1) is 0 Å². The van der Waals surface area contributed by atoms with Gasteiger partial charge in [-0.25, -0.2) is 4.68 Å². The van der Waals surface area contributed by atoms with Gasteiger partial charge in [-0.05, 0) is 30.0 Å². The normalized spacial score (nSPS) is 22.6. The van der Waals surface area contributed by atoms with E-state index in [1.807, 2.05) is 6.92 Å². The van der Waals surface area contributed by atoms with Crippen LogP contribution in [0.4, 0.5) is 11.6 Å². The van der Waals surface area contributed by atoms with E-state index in [0.717, 1.165) is 17.7 Å². The van der Waals surface area contributed by atoms with Crippen LogP contribution in [-0.4, -0.2) is 25.5 Å². The van der Waals surface area contributed by atoms with E-state index in [1.165, 1.54) is 18.5 Å². The maximum absolute atomic E-state index is 12.7. The number of hydrogen-bond acceptors (Lipinski definition) is 6. The third-order valence-electron chi connectivity index (χ3n) is 4.49. The number of non-ortho nitro benzene ring substituents is 1. The predicted octanol–water partition coefficient (Wildman–Crippen LogP) is 2.45. The Bertz CT molecular complexity index is 868. The fraction of sp³-hybridized carbons (Fsp3) is 0.312. The van der Waals surface area contributed by atoms with Gasteiger partial charge in [-0.1, -0.05) is 6.92 Å². The van der Waals surface area contributed by atoms with E-state index in [1.54, 1.807) is 16.8 Å². The molecule has 1 aliphatic carbocycles. The van der Waals surface area contributed by atoms with Crippen molar-refractivity contribution < 1.29 is 9.72 Å². The molecule has 0 radical (unpaired) electrons. The average molecular weight is 325 g/mol. The molecule has 0 amide bonds. The third kappa shape index (κ3) is 2.18. The van der Waals surface area contributed by atoms with Crippen LogP contribution in [0.15, 0.2) is 41.9 Å². The van der Waals surface area contributed by atoms with Gasteiger partial charge in [0.15, 0.2) is 5.78 Å². The summed E-state index contributed by atoms with van der Waals surface area (Å²) in [7, 11) is 0. The lowest BCUT2D eigenvalue weighted by atomic mass is 9.81. The second-order valence-electron chi connectivity index (χ2n) is 6.23. The molecular weight excluding hydrogens is 310 g/mol. The SMILES string of the molecule is C[C@@H]1CC(=O)C2=C(C1)Nc1ncnn1[C@@H]2c1ccc([N+](=O)[O-])cc1. The average Bonchev–Trinajstić information content (AvgIpc) is 3.00. The highest BCUT2D eigenvalue weighted by Crippen LogP contribution is 2.41. The molecule has 0 bridgehead atoms. The summed E-state index contributed by atoms with van der Waals surface area (Å²) >= 11 is 0. The van der Waals surface area contributed by atoms with E-state index < -0.39 is 11.0 Å². The topological polar surface area (TPSA) is 103 Å². The molecule has 122 valence electrons. The molecule has 2 atom stereocenters. The third-order valence-corrected chi connectivity index (χ3v) is 4.49. The van der Waals surface area contributed by atoms with Crippen molar-refractivity contribution in [3.05, 3.63) is 57.5 Å². The van der Waals surface area contributed by atoms with E-state index in [-0.39, 0.29) is 17.4 Å². The number of nitrogens with one attached hydrogen (secondary N) is 1. The number of carbonyl (C=O) groups is 1. The Morgan fingerprint density at radius 2 is 2.04 bits per heavy atom. The van der Waals surface area contributed by atoms with Crippen LogP contribution in [0, 0.1) is 16.0 Å². The second-order valence-corrected chi connectivity index (χ2v) is 6.23. The molecule has 4 rings (SSSR count). The highest BCUT2D eigenvalue weighted by molar-refractivity contribution is 5.99. The monoisotopic (exact) mass is 325 g/mol. The lowest BCUT2D eigenvalue weighted by Gasteiger charge is -2.34. The Morgan fingerprint density at radius 3 is 2.75 bits per heavy atom.